The van der Waals surface area contributed by atoms with Gasteiger partial charge in [-0.2, -0.15) is 5.48 Å². The van der Waals surface area contributed by atoms with Gasteiger partial charge in [-0.3, -0.25) is 9.74 Å². The molecule has 3 nitrogen and oxygen atoms in total. The largest absolute Gasteiger partial charge is 0.286 e. The van der Waals surface area contributed by atoms with Gasteiger partial charge >= 0.3 is 0 Å². The molecule has 0 unspecified atom stereocenters. The molecule has 0 amide bonds. The summed E-state index contributed by atoms with van der Waals surface area (Å²) < 4.78 is 0. The van der Waals surface area contributed by atoms with E-state index in [-0.39, 0.29) is 0 Å². The van der Waals surface area contributed by atoms with Crippen LogP contribution >= 0.6 is 0 Å². The minimum Gasteiger partial charge on any atom is -0.286 e. The van der Waals surface area contributed by atoms with E-state index < -0.39 is 0 Å². The van der Waals surface area contributed by atoms with Gasteiger partial charge in [0.05, 0.1) is 0 Å². The van der Waals surface area contributed by atoms with E-state index in [0.717, 1.165) is 13.1 Å². The van der Waals surface area contributed by atoms with E-state index in [1.54, 1.807) is 0 Å². The van der Waals surface area contributed by atoms with Crippen LogP contribution in [0.3, 0.4) is 0 Å². The summed E-state index contributed by atoms with van der Waals surface area (Å²) in [6.45, 7) is 2.73. The van der Waals surface area contributed by atoms with Gasteiger partial charge in [-0.1, -0.05) is 0 Å². The second-order valence-electron chi connectivity index (χ2n) is 1.75. The number of nitrogens with zero attached hydrogens (tertiary/aromatic N) is 1. The lowest BCUT2D eigenvalue weighted by Gasteiger charge is -2.21. The van der Waals surface area contributed by atoms with E-state index in [0.29, 0.717) is 6.73 Å². The Balaban J connectivity index is 2.12. The first-order chi connectivity index (χ1) is 3.39. The van der Waals surface area contributed by atoms with E-state index in [2.05, 4.69) is 10.4 Å². The smallest absolute Gasteiger partial charge is 0.121 e. The number of likely N-dealkylation sites (N-methyl/N-ethyl adjacent to an activating group) is 1. The van der Waals surface area contributed by atoms with Gasteiger partial charge in [-0.05, 0) is 7.05 Å². The van der Waals surface area contributed by atoms with Crippen LogP contribution in [0.4, 0.5) is 0 Å². The maximum Gasteiger partial charge on any atom is 0.121 e. The molecule has 1 fully saturated rings. The van der Waals surface area contributed by atoms with Crippen molar-refractivity contribution in [1.82, 2.24) is 10.4 Å². The van der Waals surface area contributed by atoms with Crippen LogP contribution in [0.25, 0.3) is 0 Å². The Morgan fingerprint density at radius 1 is 1.71 bits per heavy atom. The highest BCUT2D eigenvalue weighted by molar-refractivity contribution is 4.48. The molecule has 1 aliphatic rings. The summed E-state index contributed by atoms with van der Waals surface area (Å²) in [7, 11) is 2.03. The molecule has 0 aromatic heterocycles. The van der Waals surface area contributed by atoms with Crippen LogP contribution in [-0.4, -0.2) is 31.8 Å². The molecule has 1 heterocycles. The van der Waals surface area contributed by atoms with Crippen molar-refractivity contribution in [3.05, 3.63) is 0 Å². The van der Waals surface area contributed by atoms with E-state index >= 15 is 0 Å². The van der Waals surface area contributed by atoms with E-state index in [9.17, 15) is 0 Å². The zero-order valence-corrected chi connectivity index (χ0v) is 4.48. The average molecular weight is 102 g/mol. The van der Waals surface area contributed by atoms with Gasteiger partial charge in [0.2, 0.25) is 0 Å². The minimum absolute atomic E-state index is 0.708. The zero-order chi connectivity index (χ0) is 5.11. The normalized spacial score (nSPS) is 25.3. The fourth-order valence-electron chi connectivity index (χ4n) is 0.529. The third-order valence-corrected chi connectivity index (χ3v) is 0.983. The molecule has 0 saturated carbocycles. The van der Waals surface area contributed by atoms with Crippen molar-refractivity contribution in [3.8, 4) is 0 Å². The van der Waals surface area contributed by atoms with Crippen LogP contribution in [0.2, 0.25) is 0 Å². The summed E-state index contributed by atoms with van der Waals surface area (Å²) in [6.07, 6.45) is 0. The van der Waals surface area contributed by atoms with Crippen molar-refractivity contribution in [3.63, 3.8) is 0 Å². The van der Waals surface area contributed by atoms with Crippen molar-refractivity contribution < 1.29 is 4.84 Å². The fourth-order valence-corrected chi connectivity index (χ4v) is 0.529. The van der Waals surface area contributed by atoms with Gasteiger partial charge in [-0.15, -0.1) is 0 Å². The number of hydrogen-bond acceptors (Lipinski definition) is 3. The highest BCUT2D eigenvalue weighted by atomic mass is 16.7. The Hall–Kier alpha value is -0.120. The lowest BCUT2D eigenvalue weighted by molar-refractivity contribution is -0.0608. The Morgan fingerprint density at radius 3 is 2.86 bits per heavy atom. The van der Waals surface area contributed by atoms with Gasteiger partial charge in [0.15, 0.2) is 0 Å². The lowest BCUT2D eigenvalue weighted by atomic mass is 10.6. The molecule has 0 spiro atoms. The van der Waals surface area contributed by atoms with Crippen LogP contribution in [0.15, 0.2) is 0 Å². The molecule has 3 heteroatoms. The first-order valence-corrected chi connectivity index (χ1v) is 2.43. The Labute approximate surface area is 43.2 Å². The summed E-state index contributed by atoms with van der Waals surface area (Å²) in [4.78, 5) is 6.97. The number of hydroxylamine groups is 1. The topological polar surface area (TPSA) is 24.5 Å². The zero-order valence-electron chi connectivity index (χ0n) is 4.48. The summed E-state index contributed by atoms with van der Waals surface area (Å²) >= 11 is 0. The molecule has 0 atom stereocenters. The molecule has 0 aliphatic carbocycles. The molecule has 7 heavy (non-hydrogen) atoms. The third kappa shape index (κ3) is 1.43. The first kappa shape index (κ1) is 5.03. The Bertz CT molecular complexity index is 51.7. The van der Waals surface area contributed by atoms with Crippen molar-refractivity contribution in [1.29, 1.82) is 0 Å². The number of nitrogens with one attached hydrogen (secondary N) is 1. The molecule has 0 aromatic rings. The molecule has 1 N–H and O–H groups in total. The number of rotatable bonds is 0. The second-order valence-corrected chi connectivity index (χ2v) is 1.75. The van der Waals surface area contributed by atoms with Crippen molar-refractivity contribution in [2.24, 2.45) is 0 Å². The standard InChI is InChI=1S/C4H10N2O/c1-6-3-2-5-7-4-6/h5H,2-4H2,1H3. The van der Waals surface area contributed by atoms with Gasteiger partial charge in [0.1, 0.15) is 6.73 Å². The lowest BCUT2D eigenvalue weighted by Crippen LogP contribution is -2.39. The van der Waals surface area contributed by atoms with Crippen LogP contribution in [-0.2, 0) is 4.84 Å². The van der Waals surface area contributed by atoms with Gasteiger partial charge in [0, 0.05) is 13.1 Å². The maximum atomic E-state index is 4.86. The quantitative estimate of drug-likeness (QED) is 0.442. The summed E-state index contributed by atoms with van der Waals surface area (Å²) in [5, 5.41) is 0. The van der Waals surface area contributed by atoms with Gasteiger partial charge in [0.25, 0.3) is 0 Å². The van der Waals surface area contributed by atoms with Crippen LogP contribution in [0.1, 0.15) is 0 Å². The number of hydrogen-bond donors (Lipinski definition) is 1. The van der Waals surface area contributed by atoms with E-state index in [4.69, 9.17) is 4.84 Å². The first-order valence-electron chi connectivity index (χ1n) is 2.43. The van der Waals surface area contributed by atoms with E-state index in [1.807, 2.05) is 7.05 Å². The maximum absolute atomic E-state index is 4.86. The van der Waals surface area contributed by atoms with Crippen LogP contribution < -0.4 is 5.48 Å². The molecule has 1 aliphatic heterocycles. The summed E-state index contributed by atoms with van der Waals surface area (Å²) in [5.74, 6) is 0. The molecule has 1 saturated heterocycles. The predicted octanol–water partition coefficient (Wildman–Crippen LogP) is -0.590. The molecule has 1 rings (SSSR count). The highest BCUT2D eigenvalue weighted by Gasteiger charge is 2.01. The van der Waals surface area contributed by atoms with Crippen molar-refractivity contribution in [2.75, 3.05) is 26.9 Å². The predicted molar refractivity (Wildman–Crippen MR) is 26.6 cm³/mol. The van der Waals surface area contributed by atoms with Gasteiger partial charge in [-0.25, -0.2) is 0 Å². The second kappa shape index (κ2) is 2.26. The third-order valence-electron chi connectivity index (χ3n) is 0.983. The molecule has 42 valence electrons. The van der Waals surface area contributed by atoms with Crippen LogP contribution in [0, 0.1) is 0 Å². The molecular formula is C4H10N2O. The monoisotopic (exact) mass is 102 g/mol. The Morgan fingerprint density at radius 2 is 2.57 bits per heavy atom. The van der Waals surface area contributed by atoms with Crippen LogP contribution in [0.5, 0.6) is 0 Å². The fraction of sp³-hybridized carbons (Fsp3) is 1.00. The average Bonchev–Trinajstić information content (AvgIpc) is 1.69. The molecule has 0 aromatic carbocycles. The molecule has 0 radical (unpaired) electrons. The Kier molecular flexibility index (Phi) is 1.62. The van der Waals surface area contributed by atoms with Gasteiger partial charge < -0.3 is 0 Å². The SMILES string of the molecule is CN1CCNOC1. The summed E-state index contributed by atoms with van der Waals surface area (Å²) in [5.41, 5.74) is 2.77. The van der Waals surface area contributed by atoms with Crippen molar-refractivity contribution >= 4 is 0 Å². The molecular weight excluding hydrogens is 92.1 g/mol. The minimum atomic E-state index is 0.708. The van der Waals surface area contributed by atoms with E-state index in [1.165, 1.54) is 0 Å². The van der Waals surface area contributed by atoms with Crippen molar-refractivity contribution in [2.45, 2.75) is 0 Å². The summed E-state index contributed by atoms with van der Waals surface area (Å²) in [6, 6.07) is 0. The molecule has 0 bridgehead atoms. The highest BCUT2D eigenvalue weighted by Crippen LogP contribution is 1.84.